The van der Waals surface area contributed by atoms with Gasteiger partial charge in [-0.2, -0.15) is 0 Å². The molecule has 0 saturated carbocycles. The summed E-state index contributed by atoms with van der Waals surface area (Å²) in [6.07, 6.45) is 4.59. The van der Waals surface area contributed by atoms with Crippen LogP contribution < -0.4 is 9.47 Å². The summed E-state index contributed by atoms with van der Waals surface area (Å²) in [6.45, 7) is 6.39. The fourth-order valence-electron chi connectivity index (χ4n) is 4.93. The number of hydrogen-bond acceptors (Lipinski definition) is 8. The minimum Gasteiger partial charge on any atom is -0.489 e. The molecule has 0 amide bonds. The molecule has 176 valence electrons. The lowest BCUT2D eigenvalue weighted by atomic mass is 9.94. The third kappa shape index (κ3) is 5.20. The maximum atomic E-state index is 10.2. The van der Waals surface area contributed by atoms with E-state index in [-0.39, 0.29) is 18.1 Å². The van der Waals surface area contributed by atoms with Crippen LogP contribution in [0, 0.1) is 11.8 Å². The maximum absolute atomic E-state index is 10.2. The lowest BCUT2D eigenvalue weighted by molar-refractivity contribution is -0.0496. The van der Waals surface area contributed by atoms with Gasteiger partial charge in [0.1, 0.15) is 17.2 Å². The number of aliphatic hydroxyl groups excluding tert-OH is 1. The number of aliphatic hydroxyl groups is 1. The van der Waals surface area contributed by atoms with Crippen LogP contribution in [0.4, 0.5) is 0 Å². The molecule has 3 fully saturated rings. The monoisotopic (exact) mass is 446 g/mol. The van der Waals surface area contributed by atoms with Gasteiger partial charge in [-0.3, -0.25) is 0 Å². The van der Waals surface area contributed by atoms with E-state index in [0.717, 1.165) is 76.1 Å². The molecule has 0 aliphatic carbocycles. The number of ether oxygens (including phenoxy) is 4. The Labute approximate surface area is 188 Å². The van der Waals surface area contributed by atoms with Crippen LogP contribution in [-0.4, -0.2) is 80.0 Å². The van der Waals surface area contributed by atoms with Crippen molar-refractivity contribution in [2.45, 2.75) is 44.3 Å². The maximum Gasteiger partial charge on any atom is 0.265 e. The van der Waals surface area contributed by atoms with Gasteiger partial charge in [0, 0.05) is 31.9 Å². The van der Waals surface area contributed by atoms with Crippen molar-refractivity contribution >= 4 is 11.0 Å². The summed E-state index contributed by atoms with van der Waals surface area (Å²) in [5.74, 6) is 2.00. The molecule has 3 saturated heterocycles. The van der Waals surface area contributed by atoms with Gasteiger partial charge in [-0.1, -0.05) is 6.07 Å². The third-order valence-electron chi connectivity index (χ3n) is 6.98. The average Bonchev–Trinajstić information content (AvgIpc) is 3.25. The molecular weight excluding hydrogens is 412 g/mol. The molecule has 0 spiro atoms. The summed E-state index contributed by atoms with van der Waals surface area (Å²) in [5.41, 5.74) is 0.688. The second-order valence-electron chi connectivity index (χ2n) is 9.29. The van der Waals surface area contributed by atoms with Crippen LogP contribution in [0.3, 0.4) is 0 Å². The van der Waals surface area contributed by atoms with Gasteiger partial charge in [0.15, 0.2) is 5.58 Å². The first-order valence-corrected chi connectivity index (χ1v) is 12.0. The van der Waals surface area contributed by atoms with Crippen LogP contribution in [0.5, 0.6) is 11.6 Å². The van der Waals surface area contributed by atoms with Crippen molar-refractivity contribution in [1.82, 2.24) is 10.1 Å². The largest absolute Gasteiger partial charge is 0.489 e. The molecule has 32 heavy (non-hydrogen) atoms. The lowest BCUT2D eigenvalue weighted by Gasteiger charge is -2.36. The highest BCUT2D eigenvalue weighted by molar-refractivity contribution is 5.88. The van der Waals surface area contributed by atoms with E-state index < -0.39 is 0 Å². The van der Waals surface area contributed by atoms with Crippen molar-refractivity contribution in [3.05, 3.63) is 18.2 Å². The van der Waals surface area contributed by atoms with Crippen LogP contribution in [0.25, 0.3) is 11.0 Å². The molecule has 2 atom stereocenters. The topological polar surface area (TPSA) is 86.4 Å². The smallest absolute Gasteiger partial charge is 0.265 e. The van der Waals surface area contributed by atoms with Crippen molar-refractivity contribution in [2.75, 3.05) is 52.7 Å². The highest BCUT2D eigenvalue weighted by atomic mass is 16.5. The van der Waals surface area contributed by atoms with Gasteiger partial charge >= 0.3 is 0 Å². The van der Waals surface area contributed by atoms with Crippen LogP contribution >= 0.6 is 0 Å². The van der Waals surface area contributed by atoms with Gasteiger partial charge in [-0.15, -0.1) is 0 Å². The molecule has 8 heteroatoms. The number of aromatic nitrogens is 1. The van der Waals surface area contributed by atoms with E-state index in [9.17, 15) is 5.11 Å². The van der Waals surface area contributed by atoms with E-state index in [1.165, 1.54) is 0 Å². The highest BCUT2D eigenvalue weighted by Crippen LogP contribution is 2.35. The molecule has 1 N–H and O–H groups in total. The Hall–Kier alpha value is -1.87. The highest BCUT2D eigenvalue weighted by Gasteiger charge is 2.28. The van der Waals surface area contributed by atoms with Crippen molar-refractivity contribution in [3.8, 4) is 11.6 Å². The van der Waals surface area contributed by atoms with Crippen LogP contribution in [0.1, 0.15) is 32.1 Å². The molecule has 3 aliphatic rings. The summed E-state index contributed by atoms with van der Waals surface area (Å²) in [6, 6.07) is 5.79. The third-order valence-corrected chi connectivity index (χ3v) is 6.98. The summed E-state index contributed by atoms with van der Waals surface area (Å²) in [7, 11) is 0. The molecule has 2 aromatic rings. The van der Waals surface area contributed by atoms with Crippen LogP contribution in [-0.2, 0) is 9.47 Å². The van der Waals surface area contributed by atoms with E-state index in [1.807, 2.05) is 18.2 Å². The molecule has 1 aromatic heterocycles. The molecule has 8 nitrogen and oxygen atoms in total. The lowest BCUT2D eigenvalue weighted by Crippen LogP contribution is -2.44. The van der Waals surface area contributed by atoms with E-state index in [1.54, 1.807) is 0 Å². The predicted molar refractivity (Wildman–Crippen MR) is 118 cm³/mol. The predicted octanol–water partition coefficient (Wildman–Crippen LogP) is 2.87. The van der Waals surface area contributed by atoms with Crippen molar-refractivity contribution in [1.29, 1.82) is 0 Å². The number of piperidine rings is 1. The van der Waals surface area contributed by atoms with E-state index in [2.05, 4.69) is 10.1 Å². The number of rotatable bonds is 7. The SMILES string of the molecule is OC1CCOCC1CN1CCC(COc2noc3cccc(OC4CCOCC4)c23)CC1. The minimum absolute atomic E-state index is 0.148. The Balaban J connectivity index is 1.14. The van der Waals surface area contributed by atoms with Gasteiger partial charge in [-0.05, 0) is 55.6 Å². The molecule has 3 aliphatic heterocycles. The van der Waals surface area contributed by atoms with Crippen LogP contribution in [0.2, 0.25) is 0 Å². The van der Waals surface area contributed by atoms with Gasteiger partial charge in [-0.25, -0.2) is 0 Å². The Bertz CT molecular complexity index is 859. The van der Waals surface area contributed by atoms with Gasteiger partial charge in [0.05, 0.1) is 32.5 Å². The fourth-order valence-corrected chi connectivity index (χ4v) is 4.93. The van der Waals surface area contributed by atoms with Gasteiger partial charge in [0.25, 0.3) is 5.88 Å². The number of benzene rings is 1. The summed E-state index contributed by atoms with van der Waals surface area (Å²) < 4.78 is 28.9. The molecule has 5 rings (SSSR count). The first kappa shape index (κ1) is 21.9. The number of nitrogens with zero attached hydrogens (tertiary/aromatic N) is 2. The Morgan fingerprint density at radius 1 is 1.03 bits per heavy atom. The first-order valence-electron chi connectivity index (χ1n) is 12.0. The molecule has 1 aromatic carbocycles. The van der Waals surface area contributed by atoms with Crippen LogP contribution in [0.15, 0.2) is 22.7 Å². The zero-order chi connectivity index (χ0) is 21.8. The summed E-state index contributed by atoms with van der Waals surface area (Å²) in [4.78, 5) is 2.45. The standard InChI is InChI=1S/C24H34N2O6/c27-20-8-13-29-16-18(20)14-26-9-4-17(5-10-26)15-30-24-23-21(2-1-3-22(23)32-25-24)31-19-6-11-28-12-7-19/h1-3,17-20,27H,4-16H2. The molecule has 0 radical (unpaired) electrons. The fraction of sp³-hybridized carbons (Fsp3) is 0.708. The summed E-state index contributed by atoms with van der Waals surface area (Å²) in [5, 5.41) is 15.2. The van der Waals surface area contributed by atoms with Crippen molar-refractivity contribution in [3.63, 3.8) is 0 Å². The second kappa shape index (κ2) is 10.4. The van der Waals surface area contributed by atoms with Gasteiger partial charge in [0.2, 0.25) is 0 Å². The Kier molecular flexibility index (Phi) is 7.12. The minimum atomic E-state index is -0.234. The zero-order valence-corrected chi connectivity index (χ0v) is 18.6. The number of fused-ring (bicyclic) bond motifs is 1. The normalized spacial score (nSPS) is 26.4. The molecule has 4 heterocycles. The van der Waals surface area contributed by atoms with E-state index in [4.69, 9.17) is 23.5 Å². The molecule has 0 bridgehead atoms. The second-order valence-corrected chi connectivity index (χ2v) is 9.29. The molecule has 2 unspecified atom stereocenters. The zero-order valence-electron chi connectivity index (χ0n) is 18.6. The molecular formula is C24H34N2O6. The summed E-state index contributed by atoms with van der Waals surface area (Å²) >= 11 is 0. The van der Waals surface area contributed by atoms with E-state index in [0.29, 0.717) is 37.2 Å². The average molecular weight is 447 g/mol. The Morgan fingerprint density at radius 2 is 1.84 bits per heavy atom. The van der Waals surface area contributed by atoms with Gasteiger partial charge < -0.3 is 33.5 Å². The Morgan fingerprint density at radius 3 is 2.66 bits per heavy atom. The first-order chi connectivity index (χ1) is 15.8. The van der Waals surface area contributed by atoms with E-state index >= 15 is 0 Å². The number of hydrogen-bond donors (Lipinski definition) is 1. The number of likely N-dealkylation sites (tertiary alicyclic amines) is 1. The quantitative estimate of drug-likeness (QED) is 0.695. The van der Waals surface area contributed by atoms with Crippen molar-refractivity contribution < 1.29 is 28.6 Å². The van der Waals surface area contributed by atoms with Crippen molar-refractivity contribution in [2.24, 2.45) is 11.8 Å².